The molecule has 0 spiro atoms. The summed E-state index contributed by atoms with van der Waals surface area (Å²) >= 11 is 0. The van der Waals surface area contributed by atoms with Crippen LogP contribution in [0.3, 0.4) is 0 Å². The van der Waals surface area contributed by atoms with E-state index in [0.29, 0.717) is 24.5 Å². The second kappa shape index (κ2) is 11.2. The van der Waals surface area contributed by atoms with Gasteiger partial charge in [-0.2, -0.15) is 0 Å². The van der Waals surface area contributed by atoms with E-state index in [1.165, 1.54) is 24.9 Å². The fourth-order valence-electron chi connectivity index (χ4n) is 5.48. The Morgan fingerprint density at radius 3 is 2.87 bits per heavy atom. The number of carbonyl (C=O) groups excluding carboxylic acids is 1. The number of fused-ring (bicyclic) bond motifs is 1. The maximum absolute atomic E-state index is 11.7. The predicted molar refractivity (Wildman–Crippen MR) is 124 cm³/mol. The summed E-state index contributed by atoms with van der Waals surface area (Å²) in [7, 11) is 1.75. The Labute approximate surface area is 187 Å². The number of ether oxygens (including phenoxy) is 2. The van der Waals surface area contributed by atoms with Crippen molar-refractivity contribution in [2.75, 3.05) is 51.3 Å². The lowest BCUT2D eigenvalue weighted by atomic mass is 9.78. The molecule has 6 nitrogen and oxygen atoms in total. The summed E-state index contributed by atoms with van der Waals surface area (Å²) < 4.78 is 11.7. The minimum absolute atomic E-state index is 0.226. The lowest BCUT2D eigenvalue weighted by molar-refractivity contribution is -0.125. The highest BCUT2D eigenvalue weighted by Gasteiger charge is 2.34. The lowest BCUT2D eigenvalue weighted by Crippen LogP contribution is -2.49. The molecule has 6 heteroatoms. The van der Waals surface area contributed by atoms with Crippen LogP contribution in [0.15, 0.2) is 24.3 Å². The SMILES string of the molecule is COc1ccccc1N1CCCN(CCCCOC2CCC3CCC(=O)NC3C2)CC1. The van der Waals surface area contributed by atoms with E-state index in [2.05, 4.69) is 27.2 Å². The molecule has 0 aromatic heterocycles. The van der Waals surface area contributed by atoms with Crippen LogP contribution in [0, 0.1) is 5.92 Å². The third-order valence-corrected chi connectivity index (χ3v) is 7.27. The number of hydrogen-bond donors (Lipinski definition) is 1. The number of para-hydroxylation sites is 2. The summed E-state index contributed by atoms with van der Waals surface area (Å²) in [5.41, 5.74) is 1.21. The highest BCUT2D eigenvalue weighted by Crippen LogP contribution is 2.32. The van der Waals surface area contributed by atoms with Crippen molar-refractivity contribution in [1.82, 2.24) is 10.2 Å². The summed E-state index contributed by atoms with van der Waals surface area (Å²) in [4.78, 5) is 16.7. The van der Waals surface area contributed by atoms with Crippen LogP contribution in [-0.4, -0.2) is 69.4 Å². The van der Waals surface area contributed by atoms with Gasteiger partial charge in [0.2, 0.25) is 5.91 Å². The zero-order valence-corrected chi connectivity index (χ0v) is 19.1. The van der Waals surface area contributed by atoms with Crippen LogP contribution in [0.4, 0.5) is 5.69 Å². The van der Waals surface area contributed by atoms with Crippen LogP contribution >= 0.6 is 0 Å². The number of methoxy groups -OCH3 is 1. The largest absolute Gasteiger partial charge is 0.495 e. The predicted octanol–water partition coefficient (Wildman–Crippen LogP) is 3.45. The molecule has 4 rings (SSSR count). The Balaban J connectivity index is 1.12. The molecular formula is C25H39N3O3. The third kappa shape index (κ3) is 6.13. The molecule has 2 aliphatic heterocycles. The van der Waals surface area contributed by atoms with E-state index in [1.54, 1.807) is 7.11 Å². The fourth-order valence-corrected chi connectivity index (χ4v) is 5.48. The van der Waals surface area contributed by atoms with Crippen LogP contribution in [0.1, 0.15) is 51.4 Å². The second-order valence-electron chi connectivity index (χ2n) is 9.34. The van der Waals surface area contributed by atoms with Gasteiger partial charge in [-0.3, -0.25) is 4.79 Å². The normalized spacial score (nSPS) is 27.3. The average Bonchev–Trinajstić information content (AvgIpc) is 3.04. The molecule has 3 aliphatic rings. The summed E-state index contributed by atoms with van der Waals surface area (Å²) in [6, 6.07) is 8.69. The maximum atomic E-state index is 11.7. The van der Waals surface area contributed by atoms with Crippen molar-refractivity contribution in [2.45, 2.75) is 63.5 Å². The smallest absolute Gasteiger partial charge is 0.220 e. The van der Waals surface area contributed by atoms with Crippen LogP contribution in [-0.2, 0) is 9.53 Å². The zero-order valence-electron chi connectivity index (χ0n) is 19.1. The van der Waals surface area contributed by atoms with Gasteiger partial charge in [-0.1, -0.05) is 12.1 Å². The van der Waals surface area contributed by atoms with Crippen molar-refractivity contribution in [2.24, 2.45) is 5.92 Å². The Kier molecular flexibility index (Phi) is 8.09. The van der Waals surface area contributed by atoms with Crippen LogP contribution in [0.2, 0.25) is 0 Å². The van der Waals surface area contributed by atoms with E-state index in [9.17, 15) is 4.79 Å². The van der Waals surface area contributed by atoms with Crippen molar-refractivity contribution in [3.8, 4) is 5.75 Å². The minimum atomic E-state index is 0.226. The Morgan fingerprint density at radius 2 is 1.97 bits per heavy atom. The van der Waals surface area contributed by atoms with Gasteiger partial charge in [0.05, 0.1) is 18.9 Å². The number of amides is 1. The Bertz CT molecular complexity index is 713. The van der Waals surface area contributed by atoms with Gasteiger partial charge in [0, 0.05) is 38.7 Å². The van der Waals surface area contributed by atoms with Crippen LogP contribution in [0.5, 0.6) is 5.75 Å². The van der Waals surface area contributed by atoms with Crippen molar-refractivity contribution in [3.63, 3.8) is 0 Å². The van der Waals surface area contributed by atoms with Crippen molar-refractivity contribution in [1.29, 1.82) is 0 Å². The molecule has 0 bridgehead atoms. The maximum Gasteiger partial charge on any atom is 0.220 e. The van der Waals surface area contributed by atoms with Crippen LogP contribution in [0.25, 0.3) is 0 Å². The van der Waals surface area contributed by atoms with Gasteiger partial charge in [-0.25, -0.2) is 0 Å². The zero-order chi connectivity index (χ0) is 21.5. The molecular weight excluding hydrogens is 390 g/mol. The van der Waals surface area contributed by atoms with Crippen molar-refractivity contribution < 1.29 is 14.3 Å². The molecule has 3 atom stereocenters. The summed E-state index contributed by atoms with van der Waals surface area (Å²) in [5.74, 6) is 1.87. The first-order valence-corrected chi connectivity index (χ1v) is 12.2. The van der Waals surface area contributed by atoms with Gasteiger partial charge in [0.25, 0.3) is 0 Å². The first-order valence-electron chi connectivity index (χ1n) is 12.2. The van der Waals surface area contributed by atoms with Gasteiger partial charge >= 0.3 is 0 Å². The summed E-state index contributed by atoms with van der Waals surface area (Å²) in [5, 5.41) is 3.18. The lowest BCUT2D eigenvalue weighted by Gasteiger charge is -2.39. The van der Waals surface area contributed by atoms with E-state index in [0.717, 1.165) is 70.8 Å². The molecule has 2 saturated heterocycles. The number of piperidine rings is 1. The molecule has 172 valence electrons. The molecule has 1 N–H and O–H groups in total. The third-order valence-electron chi connectivity index (χ3n) is 7.27. The van der Waals surface area contributed by atoms with Gasteiger partial charge in [-0.15, -0.1) is 0 Å². The number of nitrogens with one attached hydrogen (secondary N) is 1. The van der Waals surface area contributed by atoms with Gasteiger partial charge in [-0.05, 0) is 76.1 Å². The van der Waals surface area contributed by atoms with Crippen molar-refractivity contribution >= 4 is 11.6 Å². The van der Waals surface area contributed by atoms with Crippen LogP contribution < -0.4 is 15.0 Å². The molecule has 1 saturated carbocycles. The molecule has 31 heavy (non-hydrogen) atoms. The summed E-state index contributed by atoms with van der Waals surface area (Å²) in [6.07, 6.45) is 8.94. The Morgan fingerprint density at radius 1 is 1.06 bits per heavy atom. The molecule has 1 amide bonds. The number of hydrogen-bond acceptors (Lipinski definition) is 5. The van der Waals surface area contributed by atoms with E-state index in [4.69, 9.17) is 9.47 Å². The number of unbranched alkanes of at least 4 members (excludes halogenated alkanes) is 1. The molecule has 0 radical (unpaired) electrons. The second-order valence-corrected chi connectivity index (χ2v) is 9.34. The molecule has 3 unspecified atom stereocenters. The number of anilines is 1. The highest BCUT2D eigenvalue weighted by molar-refractivity contribution is 5.77. The molecule has 2 heterocycles. The highest BCUT2D eigenvalue weighted by atomic mass is 16.5. The van der Waals surface area contributed by atoms with Gasteiger partial charge in [0.15, 0.2) is 0 Å². The van der Waals surface area contributed by atoms with E-state index in [-0.39, 0.29) is 5.91 Å². The summed E-state index contributed by atoms with van der Waals surface area (Å²) in [6.45, 7) is 6.39. The van der Waals surface area contributed by atoms with Gasteiger partial charge in [0.1, 0.15) is 5.75 Å². The van der Waals surface area contributed by atoms with Gasteiger partial charge < -0.3 is 24.6 Å². The minimum Gasteiger partial charge on any atom is -0.495 e. The molecule has 3 fully saturated rings. The number of nitrogens with zero attached hydrogens (tertiary/aromatic N) is 2. The quantitative estimate of drug-likeness (QED) is 0.642. The van der Waals surface area contributed by atoms with E-state index < -0.39 is 0 Å². The molecule has 1 aliphatic carbocycles. The van der Waals surface area contributed by atoms with E-state index in [1.807, 2.05) is 12.1 Å². The number of carbonyl (C=O) groups is 1. The first-order chi connectivity index (χ1) is 15.2. The molecule has 1 aromatic rings. The number of rotatable bonds is 8. The van der Waals surface area contributed by atoms with E-state index >= 15 is 0 Å². The topological polar surface area (TPSA) is 54.0 Å². The first kappa shape index (κ1) is 22.4. The monoisotopic (exact) mass is 429 g/mol. The standard InChI is InChI=1S/C25H39N3O3/c1-30-24-8-3-2-7-23(24)28-15-6-14-27(16-17-28)13-4-5-18-31-21-11-9-20-10-12-25(29)26-22(20)19-21/h2-3,7-8,20-22H,4-6,9-19H2,1H3,(H,26,29). The Hall–Kier alpha value is -1.79. The molecule has 1 aromatic carbocycles. The van der Waals surface area contributed by atoms with Crippen molar-refractivity contribution in [3.05, 3.63) is 24.3 Å². The average molecular weight is 430 g/mol. The number of benzene rings is 1. The fraction of sp³-hybridized carbons (Fsp3) is 0.720.